The second-order valence-electron chi connectivity index (χ2n) is 7.87. The summed E-state index contributed by atoms with van der Waals surface area (Å²) in [5.41, 5.74) is 1.20. The molecule has 1 aromatic rings. The van der Waals surface area contributed by atoms with Crippen molar-refractivity contribution < 1.29 is 9.59 Å². The van der Waals surface area contributed by atoms with Crippen LogP contribution in [0.25, 0.3) is 0 Å². The first-order chi connectivity index (χ1) is 12.7. The van der Waals surface area contributed by atoms with Gasteiger partial charge in [0.15, 0.2) is 0 Å². The maximum absolute atomic E-state index is 12.4. The third-order valence-electron chi connectivity index (χ3n) is 4.55. The Morgan fingerprint density at radius 3 is 2.52 bits per heavy atom. The number of amides is 3. The van der Waals surface area contributed by atoms with Gasteiger partial charge in [0.1, 0.15) is 6.07 Å². The van der Waals surface area contributed by atoms with Crippen molar-refractivity contribution in [3.63, 3.8) is 0 Å². The van der Waals surface area contributed by atoms with E-state index in [2.05, 4.69) is 26.5 Å². The SMILES string of the molecule is CC(C(=O)NC(=O)NC(C)(C)C)N1CCCN(c2ccccc2C#N)CC1. The molecule has 0 radical (unpaired) electrons. The molecular weight excluding hydrogens is 342 g/mol. The molecule has 146 valence electrons. The highest BCUT2D eigenvalue weighted by Crippen LogP contribution is 2.21. The lowest BCUT2D eigenvalue weighted by Crippen LogP contribution is -2.53. The highest BCUT2D eigenvalue weighted by Gasteiger charge is 2.26. The van der Waals surface area contributed by atoms with E-state index in [4.69, 9.17) is 0 Å². The molecular formula is C20H29N5O2. The van der Waals surface area contributed by atoms with Crippen LogP contribution in [0.1, 0.15) is 39.7 Å². The number of urea groups is 1. The topological polar surface area (TPSA) is 88.5 Å². The number of benzene rings is 1. The highest BCUT2D eigenvalue weighted by molar-refractivity contribution is 5.97. The Labute approximate surface area is 161 Å². The molecule has 7 heteroatoms. The Morgan fingerprint density at radius 2 is 1.85 bits per heavy atom. The quantitative estimate of drug-likeness (QED) is 0.849. The molecule has 1 atom stereocenters. The molecule has 1 aliphatic heterocycles. The number of nitrogens with zero attached hydrogens (tertiary/aromatic N) is 3. The molecule has 3 amide bonds. The number of para-hydroxylation sites is 1. The van der Waals surface area contributed by atoms with Gasteiger partial charge in [0.05, 0.1) is 17.3 Å². The second-order valence-corrected chi connectivity index (χ2v) is 7.87. The first kappa shape index (κ1) is 20.7. The van der Waals surface area contributed by atoms with Crippen molar-refractivity contribution in [1.82, 2.24) is 15.5 Å². The predicted octanol–water partition coefficient (Wildman–Crippen LogP) is 2.08. The number of hydrogen-bond donors (Lipinski definition) is 2. The van der Waals surface area contributed by atoms with E-state index < -0.39 is 17.6 Å². The number of hydrogen-bond acceptors (Lipinski definition) is 5. The van der Waals surface area contributed by atoms with Crippen LogP contribution in [0.4, 0.5) is 10.5 Å². The van der Waals surface area contributed by atoms with E-state index in [9.17, 15) is 14.9 Å². The summed E-state index contributed by atoms with van der Waals surface area (Å²) < 4.78 is 0. The summed E-state index contributed by atoms with van der Waals surface area (Å²) in [6.07, 6.45) is 0.881. The number of carbonyl (C=O) groups excluding carboxylic acids is 2. The first-order valence-electron chi connectivity index (χ1n) is 9.32. The minimum Gasteiger partial charge on any atom is -0.369 e. The summed E-state index contributed by atoms with van der Waals surface area (Å²) in [6.45, 7) is 10.4. The molecule has 1 unspecified atom stereocenters. The molecule has 1 aliphatic rings. The van der Waals surface area contributed by atoms with Crippen molar-refractivity contribution in [2.24, 2.45) is 0 Å². The van der Waals surface area contributed by atoms with Gasteiger partial charge < -0.3 is 10.2 Å². The van der Waals surface area contributed by atoms with Crippen LogP contribution < -0.4 is 15.5 Å². The van der Waals surface area contributed by atoms with Gasteiger partial charge in [0.25, 0.3) is 0 Å². The van der Waals surface area contributed by atoms with Gasteiger partial charge in [-0.05, 0) is 46.2 Å². The fourth-order valence-electron chi connectivity index (χ4n) is 3.16. The number of rotatable bonds is 3. The molecule has 2 rings (SSSR count). The van der Waals surface area contributed by atoms with Crippen molar-refractivity contribution in [3.8, 4) is 6.07 Å². The zero-order valence-electron chi connectivity index (χ0n) is 16.6. The fraction of sp³-hybridized carbons (Fsp3) is 0.550. The average molecular weight is 371 g/mol. The van der Waals surface area contributed by atoms with E-state index in [-0.39, 0.29) is 5.91 Å². The molecule has 1 heterocycles. The van der Waals surface area contributed by atoms with Crippen LogP contribution in [-0.2, 0) is 4.79 Å². The molecule has 7 nitrogen and oxygen atoms in total. The minimum atomic E-state index is -0.473. The van der Waals surface area contributed by atoms with Gasteiger partial charge in [-0.3, -0.25) is 15.0 Å². The van der Waals surface area contributed by atoms with Gasteiger partial charge in [0, 0.05) is 31.7 Å². The monoisotopic (exact) mass is 371 g/mol. The number of anilines is 1. The van der Waals surface area contributed by atoms with Crippen molar-refractivity contribution in [3.05, 3.63) is 29.8 Å². The molecule has 2 N–H and O–H groups in total. The van der Waals surface area contributed by atoms with E-state index >= 15 is 0 Å². The molecule has 1 aromatic carbocycles. The molecule has 0 aromatic heterocycles. The van der Waals surface area contributed by atoms with Crippen LogP contribution in [0.3, 0.4) is 0 Å². The molecule has 27 heavy (non-hydrogen) atoms. The van der Waals surface area contributed by atoms with Gasteiger partial charge in [-0.15, -0.1) is 0 Å². The summed E-state index contributed by atoms with van der Waals surface area (Å²) in [7, 11) is 0. The molecule has 0 bridgehead atoms. The van der Waals surface area contributed by atoms with Gasteiger partial charge in [-0.1, -0.05) is 12.1 Å². The Hall–Kier alpha value is -2.59. The maximum atomic E-state index is 12.4. The summed E-state index contributed by atoms with van der Waals surface area (Å²) in [6, 6.07) is 8.94. The van der Waals surface area contributed by atoms with Gasteiger partial charge in [-0.2, -0.15) is 5.26 Å². The van der Waals surface area contributed by atoms with Crippen LogP contribution in [0, 0.1) is 11.3 Å². The van der Waals surface area contributed by atoms with Crippen LogP contribution in [0.2, 0.25) is 0 Å². The van der Waals surface area contributed by atoms with Gasteiger partial charge in [-0.25, -0.2) is 4.79 Å². The van der Waals surface area contributed by atoms with E-state index in [0.29, 0.717) is 12.1 Å². The molecule has 1 saturated heterocycles. The lowest BCUT2D eigenvalue weighted by Gasteiger charge is -2.28. The fourth-order valence-corrected chi connectivity index (χ4v) is 3.16. The number of nitriles is 1. The van der Waals surface area contributed by atoms with Gasteiger partial charge >= 0.3 is 6.03 Å². The standard InChI is InChI=1S/C20H29N5O2/c1-15(18(26)22-19(27)23-20(2,3)4)24-10-7-11-25(13-12-24)17-9-6-5-8-16(17)14-21/h5-6,8-9,15H,7,10-13H2,1-4H3,(H2,22,23,26,27). The normalized spacial score (nSPS) is 16.8. The molecule has 1 fully saturated rings. The van der Waals surface area contributed by atoms with Crippen molar-refractivity contribution in [2.45, 2.75) is 45.7 Å². The third-order valence-corrected chi connectivity index (χ3v) is 4.55. The molecule has 0 aliphatic carbocycles. The second kappa shape index (κ2) is 8.87. The summed E-state index contributed by atoms with van der Waals surface area (Å²) in [5.74, 6) is -0.303. The lowest BCUT2D eigenvalue weighted by molar-refractivity contribution is -0.124. The minimum absolute atomic E-state index is 0.303. The zero-order chi connectivity index (χ0) is 20.0. The maximum Gasteiger partial charge on any atom is 0.321 e. The molecule has 0 spiro atoms. The van der Waals surface area contributed by atoms with Crippen LogP contribution in [0.15, 0.2) is 24.3 Å². The van der Waals surface area contributed by atoms with E-state index in [1.807, 2.05) is 52.0 Å². The van der Waals surface area contributed by atoms with Crippen molar-refractivity contribution in [1.29, 1.82) is 5.26 Å². The Kier molecular flexibility index (Phi) is 6.81. The van der Waals surface area contributed by atoms with Crippen molar-refractivity contribution >= 4 is 17.6 Å². The first-order valence-corrected chi connectivity index (χ1v) is 9.32. The number of carbonyl (C=O) groups is 2. The molecule has 0 saturated carbocycles. The Morgan fingerprint density at radius 1 is 1.15 bits per heavy atom. The van der Waals surface area contributed by atoms with Crippen LogP contribution in [0.5, 0.6) is 0 Å². The predicted molar refractivity (Wildman–Crippen MR) is 105 cm³/mol. The Balaban J connectivity index is 1.96. The zero-order valence-corrected chi connectivity index (χ0v) is 16.6. The van der Waals surface area contributed by atoms with E-state index in [0.717, 1.165) is 31.7 Å². The smallest absolute Gasteiger partial charge is 0.321 e. The average Bonchev–Trinajstić information content (AvgIpc) is 2.85. The van der Waals surface area contributed by atoms with Gasteiger partial charge in [0.2, 0.25) is 5.91 Å². The van der Waals surface area contributed by atoms with Crippen molar-refractivity contribution in [2.75, 3.05) is 31.1 Å². The summed E-state index contributed by atoms with van der Waals surface area (Å²) in [5, 5.41) is 14.5. The Bertz CT molecular complexity index is 720. The summed E-state index contributed by atoms with van der Waals surface area (Å²) in [4.78, 5) is 28.6. The van der Waals surface area contributed by atoms with Crippen LogP contribution >= 0.6 is 0 Å². The highest BCUT2D eigenvalue weighted by atomic mass is 16.2. The number of imide groups is 1. The van der Waals surface area contributed by atoms with E-state index in [1.165, 1.54) is 0 Å². The van der Waals surface area contributed by atoms with E-state index in [1.54, 1.807) is 0 Å². The van der Waals surface area contributed by atoms with Crippen LogP contribution in [-0.4, -0.2) is 54.6 Å². The number of nitrogens with one attached hydrogen (secondary N) is 2. The lowest BCUT2D eigenvalue weighted by atomic mass is 10.1. The third kappa shape index (κ3) is 5.97. The summed E-state index contributed by atoms with van der Waals surface area (Å²) >= 11 is 0. The largest absolute Gasteiger partial charge is 0.369 e.